The molecule has 2 N–H and O–H groups in total. The van der Waals surface area contributed by atoms with E-state index in [4.69, 9.17) is 9.47 Å². The summed E-state index contributed by atoms with van der Waals surface area (Å²) in [7, 11) is 3.10. The molecule has 0 unspecified atom stereocenters. The Morgan fingerprint density at radius 3 is 2.83 bits per heavy atom. The molecule has 0 aliphatic heterocycles. The summed E-state index contributed by atoms with van der Waals surface area (Å²) in [5, 5.41) is 16.5. The SMILES string of the molecule is COC[C@H](O)COc1ccc(Nc2cc(C)nn(C)c2=O)nc1. The molecule has 2 heterocycles. The van der Waals surface area contributed by atoms with Gasteiger partial charge in [0.05, 0.1) is 18.5 Å². The van der Waals surface area contributed by atoms with Gasteiger partial charge < -0.3 is 19.9 Å². The van der Waals surface area contributed by atoms with Gasteiger partial charge in [0.1, 0.15) is 30.0 Å². The molecule has 0 aromatic carbocycles. The number of hydrogen-bond acceptors (Lipinski definition) is 7. The van der Waals surface area contributed by atoms with Gasteiger partial charge in [-0.05, 0) is 25.1 Å². The minimum absolute atomic E-state index is 0.117. The largest absolute Gasteiger partial charge is 0.489 e. The Bertz CT molecular complexity index is 700. The van der Waals surface area contributed by atoms with E-state index in [0.29, 0.717) is 17.3 Å². The van der Waals surface area contributed by atoms with Crippen LogP contribution in [0.3, 0.4) is 0 Å². The second kappa shape index (κ2) is 7.70. The van der Waals surface area contributed by atoms with Gasteiger partial charge in [0, 0.05) is 14.2 Å². The summed E-state index contributed by atoms with van der Waals surface area (Å²) >= 11 is 0. The van der Waals surface area contributed by atoms with Crippen LogP contribution in [0.15, 0.2) is 29.2 Å². The zero-order valence-electron chi connectivity index (χ0n) is 13.3. The lowest BCUT2D eigenvalue weighted by Gasteiger charge is -2.12. The number of anilines is 2. The lowest BCUT2D eigenvalue weighted by molar-refractivity contribution is 0.0325. The highest BCUT2D eigenvalue weighted by atomic mass is 16.5. The maximum absolute atomic E-state index is 12.0. The minimum Gasteiger partial charge on any atom is -0.489 e. The number of nitrogens with one attached hydrogen (secondary N) is 1. The third-order valence-corrected chi connectivity index (χ3v) is 2.99. The van der Waals surface area contributed by atoms with Gasteiger partial charge in [-0.3, -0.25) is 4.79 Å². The predicted molar refractivity (Wildman–Crippen MR) is 85.1 cm³/mol. The van der Waals surface area contributed by atoms with Crippen molar-refractivity contribution in [2.45, 2.75) is 13.0 Å². The predicted octanol–water partition coefficient (Wildman–Crippen LogP) is 0.613. The van der Waals surface area contributed by atoms with Gasteiger partial charge in [0.25, 0.3) is 5.56 Å². The summed E-state index contributed by atoms with van der Waals surface area (Å²) < 4.78 is 11.5. The first-order valence-electron chi connectivity index (χ1n) is 7.07. The van der Waals surface area contributed by atoms with Crippen LogP contribution in [0.2, 0.25) is 0 Å². The number of hydrogen-bond donors (Lipinski definition) is 2. The number of aliphatic hydroxyl groups is 1. The van der Waals surface area contributed by atoms with E-state index in [9.17, 15) is 9.90 Å². The quantitative estimate of drug-likeness (QED) is 0.771. The van der Waals surface area contributed by atoms with E-state index in [1.165, 1.54) is 18.0 Å². The van der Waals surface area contributed by atoms with Crippen molar-refractivity contribution in [2.24, 2.45) is 7.05 Å². The Kier molecular flexibility index (Phi) is 5.67. The van der Waals surface area contributed by atoms with E-state index >= 15 is 0 Å². The van der Waals surface area contributed by atoms with E-state index in [2.05, 4.69) is 15.4 Å². The van der Waals surface area contributed by atoms with Crippen molar-refractivity contribution in [3.8, 4) is 5.75 Å². The lowest BCUT2D eigenvalue weighted by atomic mass is 10.3. The van der Waals surface area contributed by atoms with Crippen LogP contribution >= 0.6 is 0 Å². The maximum atomic E-state index is 12.0. The molecular weight excluding hydrogens is 300 g/mol. The van der Waals surface area contributed by atoms with Crippen LogP contribution in [0.1, 0.15) is 5.69 Å². The van der Waals surface area contributed by atoms with Crippen LogP contribution in [0.4, 0.5) is 11.5 Å². The highest BCUT2D eigenvalue weighted by Crippen LogP contribution is 2.15. The number of pyridine rings is 1. The van der Waals surface area contributed by atoms with Gasteiger partial charge in [-0.2, -0.15) is 5.10 Å². The van der Waals surface area contributed by atoms with Crippen LogP contribution < -0.4 is 15.6 Å². The van der Waals surface area contributed by atoms with Crippen LogP contribution in [-0.4, -0.2) is 46.3 Å². The summed E-state index contributed by atoms with van der Waals surface area (Å²) in [5.74, 6) is 1.03. The first-order chi connectivity index (χ1) is 11.0. The van der Waals surface area contributed by atoms with Gasteiger partial charge in [0.15, 0.2) is 0 Å². The Balaban J connectivity index is 2.02. The Morgan fingerprint density at radius 1 is 1.39 bits per heavy atom. The van der Waals surface area contributed by atoms with Gasteiger partial charge in [-0.15, -0.1) is 0 Å². The first-order valence-corrected chi connectivity index (χ1v) is 7.07. The molecule has 0 saturated carbocycles. The van der Waals surface area contributed by atoms with E-state index in [1.807, 2.05) is 0 Å². The number of nitrogens with zero attached hydrogens (tertiary/aromatic N) is 3. The topological polar surface area (TPSA) is 98.5 Å². The van der Waals surface area contributed by atoms with Crippen molar-refractivity contribution in [3.05, 3.63) is 40.4 Å². The lowest BCUT2D eigenvalue weighted by Crippen LogP contribution is -2.23. The summed E-state index contributed by atoms with van der Waals surface area (Å²) in [6, 6.07) is 5.05. The highest BCUT2D eigenvalue weighted by Gasteiger charge is 2.07. The molecule has 2 aromatic heterocycles. The van der Waals surface area contributed by atoms with Crippen LogP contribution in [0.5, 0.6) is 5.75 Å². The monoisotopic (exact) mass is 320 g/mol. The standard InChI is InChI=1S/C15H20N4O4/c1-10-6-13(15(21)19(2)18-10)17-14-5-4-12(7-16-14)23-9-11(20)8-22-3/h4-7,11,20H,8-9H2,1-3H3,(H,16,17)/t11-/m0/s1. The second-order valence-electron chi connectivity index (χ2n) is 5.05. The Labute approximate surface area is 133 Å². The zero-order chi connectivity index (χ0) is 16.8. The summed E-state index contributed by atoms with van der Waals surface area (Å²) in [6.07, 6.45) is 0.820. The number of methoxy groups -OCH3 is 1. The van der Waals surface area contributed by atoms with Crippen LogP contribution in [-0.2, 0) is 11.8 Å². The van der Waals surface area contributed by atoms with Crippen molar-refractivity contribution < 1.29 is 14.6 Å². The number of ether oxygens (including phenoxy) is 2. The summed E-state index contributed by atoms with van der Waals surface area (Å²) in [5.41, 5.74) is 0.888. The fraction of sp³-hybridized carbons (Fsp3) is 0.400. The molecule has 0 aliphatic carbocycles. The molecule has 0 amide bonds. The second-order valence-corrected chi connectivity index (χ2v) is 5.05. The van der Waals surface area contributed by atoms with Crippen molar-refractivity contribution >= 4 is 11.5 Å². The van der Waals surface area contributed by atoms with Crippen molar-refractivity contribution in [1.29, 1.82) is 0 Å². The van der Waals surface area contributed by atoms with Crippen molar-refractivity contribution in [1.82, 2.24) is 14.8 Å². The summed E-state index contributed by atoms with van der Waals surface area (Å²) in [4.78, 5) is 16.2. The maximum Gasteiger partial charge on any atom is 0.290 e. The molecule has 0 radical (unpaired) electrons. The molecule has 0 saturated heterocycles. The molecule has 23 heavy (non-hydrogen) atoms. The highest BCUT2D eigenvalue weighted by molar-refractivity contribution is 5.55. The fourth-order valence-corrected chi connectivity index (χ4v) is 1.96. The number of aryl methyl sites for hydroxylation is 2. The molecule has 8 heteroatoms. The smallest absolute Gasteiger partial charge is 0.290 e. The molecule has 8 nitrogen and oxygen atoms in total. The first kappa shape index (κ1) is 16.9. The summed E-state index contributed by atoms with van der Waals surface area (Å²) in [6.45, 7) is 2.13. The number of aliphatic hydroxyl groups excluding tert-OH is 1. The normalized spacial score (nSPS) is 12.0. The molecule has 0 spiro atoms. The van der Waals surface area contributed by atoms with Gasteiger partial charge in [-0.25, -0.2) is 9.67 Å². The van der Waals surface area contributed by atoms with Crippen molar-refractivity contribution in [3.63, 3.8) is 0 Å². The van der Waals surface area contributed by atoms with Gasteiger partial charge in [0.2, 0.25) is 0 Å². The van der Waals surface area contributed by atoms with E-state index in [1.54, 1.807) is 32.2 Å². The average molecular weight is 320 g/mol. The van der Waals surface area contributed by atoms with Crippen LogP contribution in [0.25, 0.3) is 0 Å². The average Bonchev–Trinajstić information content (AvgIpc) is 2.52. The molecule has 0 bridgehead atoms. The van der Waals surface area contributed by atoms with E-state index < -0.39 is 6.10 Å². The molecule has 124 valence electrons. The van der Waals surface area contributed by atoms with Gasteiger partial charge in [-0.1, -0.05) is 0 Å². The van der Waals surface area contributed by atoms with E-state index in [-0.39, 0.29) is 18.8 Å². The number of rotatable bonds is 7. The molecule has 2 rings (SSSR count). The molecular formula is C15H20N4O4. The third-order valence-electron chi connectivity index (χ3n) is 2.99. The molecule has 0 fully saturated rings. The van der Waals surface area contributed by atoms with E-state index in [0.717, 1.165) is 5.69 Å². The Hall–Kier alpha value is -2.45. The minimum atomic E-state index is -0.694. The van der Waals surface area contributed by atoms with Crippen molar-refractivity contribution in [2.75, 3.05) is 25.6 Å². The molecule has 0 aliphatic rings. The third kappa shape index (κ3) is 4.76. The zero-order valence-corrected chi connectivity index (χ0v) is 13.3. The fourth-order valence-electron chi connectivity index (χ4n) is 1.96. The van der Waals surface area contributed by atoms with Crippen LogP contribution in [0, 0.1) is 6.92 Å². The number of aromatic nitrogens is 3. The molecule has 1 atom stereocenters. The molecule has 2 aromatic rings. The Morgan fingerprint density at radius 2 is 2.17 bits per heavy atom. The van der Waals surface area contributed by atoms with Gasteiger partial charge >= 0.3 is 0 Å².